The molecule has 0 aliphatic rings. The molecular formula is C13H17NO4S. The predicted molar refractivity (Wildman–Crippen MR) is 74.1 cm³/mol. The lowest BCUT2D eigenvalue weighted by molar-refractivity contribution is -0.0707. The number of carbonyl (C=O) groups excluding carboxylic acids is 2. The summed E-state index contributed by atoms with van der Waals surface area (Å²) in [5, 5.41) is 0.250. The fourth-order valence-electron chi connectivity index (χ4n) is 1.25. The minimum atomic E-state index is -0.961. The van der Waals surface area contributed by atoms with Gasteiger partial charge in [-0.3, -0.25) is 4.79 Å². The van der Waals surface area contributed by atoms with Gasteiger partial charge in [-0.1, -0.05) is 44.7 Å². The van der Waals surface area contributed by atoms with Crippen molar-refractivity contribution in [3.05, 3.63) is 30.3 Å². The second kappa shape index (κ2) is 7.68. The van der Waals surface area contributed by atoms with Gasteiger partial charge in [0.05, 0.1) is 6.54 Å². The molecule has 1 amide bonds. The zero-order chi connectivity index (χ0) is 14.3. The molecule has 0 spiro atoms. The van der Waals surface area contributed by atoms with Crippen LogP contribution in [0.4, 0.5) is 9.59 Å². The molecule has 0 radical (unpaired) electrons. The quantitative estimate of drug-likeness (QED) is 0.397. The first kappa shape index (κ1) is 15.4. The molecule has 104 valence electrons. The zero-order valence-corrected chi connectivity index (χ0v) is 11.8. The van der Waals surface area contributed by atoms with Gasteiger partial charge in [0.2, 0.25) is 0 Å². The smallest absolute Gasteiger partial charge is 0.393 e. The standard InChI is InChI=1S/C13H17NO4S/c1-10(2)8-9-14(12(15)19)18-13(16)17-11-6-4-3-5-7-11/h3-7,10H,8-9H2,1-2H3,(H,15,19). The van der Waals surface area contributed by atoms with Crippen molar-refractivity contribution in [3.8, 4) is 5.75 Å². The zero-order valence-electron chi connectivity index (χ0n) is 10.9. The van der Waals surface area contributed by atoms with Crippen molar-refractivity contribution >= 4 is 24.0 Å². The number of nitrogens with zero attached hydrogens (tertiary/aromatic N) is 1. The Labute approximate surface area is 117 Å². The molecule has 0 saturated heterocycles. The maximum atomic E-state index is 11.5. The lowest BCUT2D eigenvalue weighted by atomic mass is 10.1. The maximum absolute atomic E-state index is 11.5. The summed E-state index contributed by atoms with van der Waals surface area (Å²) in [6.45, 7) is 4.29. The second-order valence-electron chi connectivity index (χ2n) is 4.32. The third kappa shape index (κ3) is 6.15. The van der Waals surface area contributed by atoms with Crippen LogP contribution in [-0.4, -0.2) is 23.0 Å². The molecule has 0 bridgehead atoms. The minimum Gasteiger partial charge on any atom is -0.393 e. The molecule has 0 N–H and O–H groups in total. The van der Waals surface area contributed by atoms with Crippen molar-refractivity contribution in [3.63, 3.8) is 0 Å². The molecule has 0 aliphatic carbocycles. The first-order chi connectivity index (χ1) is 8.99. The van der Waals surface area contributed by atoms with Gasteiger partial charge < -0.3 is 9.57 Å². The number of rotatable bonds is 4. The van der Waals surface area contributed by atoms with E-state index in [2.05, 4.69) is 12.6 Å². The number of ether oxygens (including phenoxy) is 1. The van der Waals surface area contributed by atoms with Gasteiger partial charge in [-0.05, 0) is 24.5 Å². The number of thiol groups is 1. The maximum Gasteiger partial charge on any atom is 0.539 e. The summed E-state index contributed by atoms with van der Waals surface area (Å²) in [4.78, 5) is 27.5. The van der Waals surface area contributed by atoms with Crippen molar-refractivity contribution in [1.29, 1.82) is 0 Å². The summed E-state index contributed by atoms with van der Waals surface area (Å²) in [7, 11) is 0. The van der Waals surface area contributed by atoms with Crippen LogP contribution in [0.3, 0.4) is 0 Å². The number of hydrogen-bond donors (Lipinski definition) is 1. The van der Waals surface area contributed by atoms with Crippen LogP contribution in [0.25, 0.3) is 0 Å². The summed E-state index contributed by atoms with van der Waals surface area (Å²) in [6, 6.07) is 8.47. The molecule has 0 fully saturated rings. The third-order valence-corrected chi connectivity index (χ3v) is 2.48. The molecule has 0 heterocycles. The number of benzene rings is 1. The van der Waals surface area contributed by atoms with Crippen molar-refractivity contribution in [2.75, 3.05) is 6.54 Å². The van der Waals surface area contributed by atoms with E-state index in [1.807, 2.05) is 13.8 Å². The highest BCUT2D eigenvalue weighted by Crippen LogP contribution is 2.11. The van der Waals surface area contributed by atoms with Crippen LogP contribution in [0.5, 0.6) is 5.75 Å². The Morgan fingerprint density at radius 3 is 2.42 bits per heavy atom. The summed E-state index contributed by atoms with van der Waals surface area (Å²) >= 11 is 3.65. The average molecular weight is 283 g/mol. The van der Waals surface area contributed by atoms with Crippen molar-refractivity contribution in [1.82, 2.24) is 5.06 Å². The van der Waals surface area contributed by atoms with Crippen molar-refractivity contribution in [2.45, 2.75) is 20.3 Å². The van der Waals surface area contributed by atoms with E-state index in [0.717, 1.165) is 5.06 Å². The van der Waals surface area contributed by atoms with Gasteiger partial charge in [0.1, 0.15) is 5.75 Å². The summed E-state index contributed by atoms with van der Waals surface area (Å²) < 4.78 is 4.91. The van der Waals surface area contributed by atoms with Crippen LogP contribution in [0.1, 0.15) is 20.3 Å². The molecule has 1 aromatic rings. The molecule has 6 heteroatoms. The average Bonchev–Trinajstić information content (AvgIpc) is 2.35. The van der Waals surface area contributed by atoms with Gasteiger partial charge in [-0.15, -0.1) is 0 Å². The lowest BCUT2D eigenvalue weighted by Gasteiger charge is -2.19. The van der Waals surface area contributed by atoms with E-state index in [0.29, 0.717) is 18.1 Å². The first-order valence-electron chi connectivity index (χ1n) is 5.94. The predicted octanol–water partition coefficient (Wildman–Crippen LogP) is 3.51. The van der Waals surface area contributed by atoms with Crippen LogP contribution in [0.15, 0.2) is 30.3 Å². The second-order valence-corrected chi connectivity index (χ2v) is 4.71. The monoisotopic (exact) mass is 283 g/mol. The van der Waals surface area contributed by atoms with Gasteiger partial charge in [0, 0.05) is 0 Å². The van der Waals surface area contributed by atoms with Crippen LogP contribution >= 0.6 is 12.6 Å². The molecule has 1 aromatic carbocycles. The molecule has 0 aliphatic heterocycles. The summed E-state index contributed by atoms with van der Waals surface area (Å²) in [5.74, 6) is 0.729. The molecule has 0 saturated carbocycles. The summed E-state index contributed by atoms with van der Waals surface area (Å²) in [6.07, 6.45) is -0.261. The lowest BCUT2D eigenvalue weighted by Crippen LogP contribution is -2.32. The molecule has 5 nitrogen and oxygen atoms in total. The van der Waals surface area contributed by atoms with E-state index in [1.165, 1.54) is 0 Å². The fraction of sp³-hybridized carbons (Fsp3) is 0.385. The molecule has 0 atom stereocenters. The van der Waals surface area contributed by atoms with Gasteiger partial charge >= 0.3 is 11.4 Å². The van der Waals surface area contributed by atoms with E-state index in [-0.39, 0.29) is 6.54 Å². The SMILES string of the molecule is CC(C)CCN(OC(=O)Oc1ccccc1)C(=O)S. The normalized spacial score (nSPS) is 10.1. The van der Waals surface area contributed by atoms with Crippen LogP contribution in [-0.2, 0) is 4.84 Å². The molecule has 1 rings (SSSR count). The Kier molecular flexibility index (Phi) is 6.21. The van der Waals surface area contributed by atoms with E-state index in [1.54, 1.807) is 30.3 Å². The molecule has 0 aromatic heterocycles. The largest absolute Gasteiger partial charge is 0.539 e. The highest BCUT2D eigenvalue weighted by molar-refractivity contribution is 7.96. The Morgan fingerprint density at radius 1 is 1.26 bits per heavy atom. The van der Waals surface area contributed by atoms with Gasteiger partial charge in [-0.25, -0.2) is 4.79 Å². The topological polar surface area (TPSA) is 55.8 Å². The van der Waals surface area contributed by atoms with Crippen LogP contribution in [0.2, 0.25) is 0 Å². The van der Waals surface area contributed by atoms with E-state index in [9.17, 15) is 9.59 Å². The highest BCUT2D eigenvalue weighted by Gasteiger charge is 2.17. The number of hydroxylamine groups is 2. The van der Waals surface area contributed by atoms with Crippen molar-refractivity contribution < 1.29 is 19.2 Å². The van der Waals surface area contributed by atoms with Crippen molar-refractivity contribution in [2.24, 2.45) is 5.92 Å². The van der Waals surface area contributed by atoms with Crippen LogP contribution < -0.4 is 4.74 Å². The minimum absolute atomic E-state index is 0.282. The number of carbonyl (C=O) groups is 2. The summed E-state index contributed by atoms with van der Waals surface area (Å²) in [5.41, 5.74) is 0. The van der Waals surface area contributed by atoms with E-state index >= 15 is 0 Å². The van der Waals surface area contributed by atoms with Crippen LogP contribution in [0, 0.1) is 5.92 Å². The Morgan fingerprint density at radius 2 is 1.89 bits per heavy atom. The van der Waals surface area contributed by atoms with Gasteiger partial charge in [0.15, 0.2) is 0 Å². The fourth-order valence-corrected chi connectivity index (χ4v) is 1.39. The first-order valence-corrected chi connectivity index (χ1v) is 6.39. The molecular weight excluding hydrogens is 266 g/mol. The molecule has 19 heavy (non-hydrogen) atoms. The third-order valence-electron chi connectivity index (χ3n) is 2.25. The Hall–Kier alpha value is -1.69. The Balaban J connectivity index is 2.49. The number of para-hydroxylation sites is 1. The molecule has 0 unspecified atom stereocenters. The number of amides is 1. The van der Waals surface area contributed by atoms with E-state index < -0.39 is 11.4 Å². The van der Waals surface area contributed by atoms with Gasteiger partial charge in [-0.2, -0.15) is 5.06 Å². The van der Waals surface area contributed by atoms with E-state index in [4.69, 9.17) is 9.57 Å². The Bertz CT molecular complexity index is 422. The number of hydrogen-bond acceptors (Lipinski definition) is 4. The van der Waals surface area contributed by atoms with Gasteiger partial charge in [0.25, 0.3) is 0 Å². The highest BCUT2D eigenvalue weighted by atomic mass is 32.1.